The van der Waals surface area contributed by atoms with Crippen molar-refractivity contribution in [2.24, 2.45) is 0 Å². The van der Waals surface area contributed by atoms with Gasteiger partial charge in [-0.3, -0.25) is 0 Å². The lowest BCUT2D eigenvalue weighted by atomic mass is 9.72. The predicted octanol–water partition coefficient (Wildman–Crippen LogP) is 6.11. The summed E-state index contributed by atoms with van der Waals surface area (Å²) in [5.74, 6) is 0.228. The fourth-order valence-corrected chi connectivity index (χ4v) is 5.18. The van der Waals surface area contributed by atoms with Crippen molar-refractivity contribution in [2.45, 2.75) is 30.8 Å². The molecule has 1 heterocycles. The van der Waals surface area contributed by atoms with Crippen molar-refractivity contribution >= 4 is 26.8 Å². The molecule has 176 valence electrons. The van der Waals surface area contributed by atoms with Crippen molar-refractivity contribution in [2.75, 3.05) is 20.7 Å². The van der Waals surface area contributed by atoms with E-state index in [1.165, 1.54) is 5.56 Å². The lowest BCUT2D eigenvalue weighted by Gasteiger charge is -2.38. The first-order chi connectivity index (χ1) is 16.6. The standard InChI is InChI=1S/C29H31BrN2O2/c1-31-19-18-29(33,17-16-21-10-5-3-6-11-21)27(22-12-7-4-8-13-22)24-20-23-25(30)14-9-15-26(23)32-28(24)34-2/h3-15,20,27,31,33H,16-19H2,1-2H3. The number of halogens is 1. The highest BCUT2D eigenvalue weighted by Crippen LogP contribution is 2.44. The molecule has 0 aliphatic heterocycles. The minimum Gasteiger partial charge on any atom is -0.481 e. The Kier molecular flexibility index (Phi) is 7.99. The number of methoxy groups -OCH3 is 1. The van der Waals surface area contributed by atoms with E-state index in [1.807, 2.05) is 61.6 Å². The highest BCUT2D eigenvalue weighted by molar-refractivity contribution is 9.10. The van der Waals surface area contributed by atoms with Crippen LogP contribution in [0.5, 0.6) is 5.88 Å². The summed E-state index contributed by atoms with van der Waals surface area (Å²) >= 11 is 3.68. The second-order valence-corrected chi connectivity index (χ2v) is 9.53. The summed E-state index contributed by atoms with van der Waals surface area (Å²) in [5.41, 5.74) is 2.97. The zero-order valence-electron chi connectivity index (χ0n) is 19.7. The molecule has 0 saturated carbocycles. The molecule has 0 aliphatic carbocycles. The van der Waals surface area contributed by atoms with E-state index in [-0.39, 0.29) is 5.92 Å². The third-order valence-corrected chi connectivity index (χ3v) is 7.16. The minimum atomic E-state index is -1.02. The normalized spacial score (nSPS) is 14.0. The Morgan fingerprint density at radius 1 is 0.971 bits per heavy atom. The van der Waals surface area contributed by atoms with Gasteiger partial charge in [0.25, 0.3) is 0 Å². The molecule has 0 fully saturated rings. The van der Waals surface area contributed by atoms with Crippen LogP contribution in [0.1, 0.15) is 35.4 Å². The number of aliphatic hydroxyl groups is 1. The highest BCUT2D eigenvalue weighted by Gasteiger charge is 2.40. The molecule has 3 aromatic carbocycles. The van der Waals surface area contributed by atoms with E-state index in [0.29, 0.717) is 25.3 Å². The summed E-state index contributed by atoms with van der Waals surface area (Å²) in [6.07, 6.45) is 1.97. The fraction of sp³-hybridized carbons (Fsp3) is 0.276. The largest absolute Gasteiger partial charge is 0.481 e. The summed E-state index contributed by atoms with van der Waals surface area (Å²) in [5, 5.41) is 16.6. The number of fused-ring (bicyclic) bond motifs is 1. The molecule has 0 spiro atoms. The van der Waals surface area contributed by atoms with Crippen LogP contribution < -0.4 is 10.1 Å². The van der Waals surface area contributed by atoms with Gasteiger partial charge in [-0.15, -0.1) is 0 Å². The molecule has 4 rings (SSSR count). The number of ether oxygens (including phenoxy) is 1. The quantitative estimate of drug-likeness (QED) is 0.266. The van der Waals surface area contributed by atoms with Crippen LogP contribution in [0.2, 0.25) is 0 Å². The first kappa shape index (κ1) is 24.4. The van der Waals surface area contributed by atoms with Crippen molar-refractivity contribution in [1.29, 1.82) is 0 Å². The monoisotopic (exact) mass is 518 g/mol. The van der Waals surface area contributed by atoms with Gasteiger partial charge in [0.05, 0.1) is 18.2 Å². The molecule has 4 aromatic rings. The number of hydrogen-bond acceptors (Lipinski definition) is 4. The average Bonchev–Trinajstić information content (AvgIpc) is 2.88. The summed E-state index contributed by atoms with van der Waals surface area (Å²) in [7, 11) is 3.57. The molecule has 0 saturated heterocycles. The van der Waals surface area contributed by atoms with Crippen LogP contribution in [0.4, 0.5) is 0 Å². The number of nitrogens with zero attached hydrogens (tertiary/aromatic N) is 1. The second-order valence-electron chi connectivity index (χ2n) is 8.68. The SMILES string of the molecule is CNCCC(O)(CCc1ccccc1)C(c1ccccc1)c1cc2c(Br)cccc2nc1OC. The predicted molar refractivity (Wildman–Crippen MR) is 143 cm³/mol. The number of aromatic nitrogens is 1. The van der Waals surface area contributed by atoms with Gasteiger partial charge < -0.3 is 15.2 Å². The highest BCUT2D eigenvalue weighted by atomic mass is 79.9. The van der Waals surface area contributed by atoms with E-state index in [2.05, 4.69) is 51.6 Å². The van der Waals surface area contributed by atoms with Crippen LogP contribution in [0, 0.1) is 0 Å². The summed E-state index contributed by atoms with van der Waals surface area (Å²) in [4.78, 5) is 4.83. The van der Waals surface area contributed by atoms with Crippen molar-refractivity contribution in [3.63, 3.8) is 0 Å². The van der Waals surface area contributed by atoms with E-state index in [0.717, 1.165) is 32.9 Å². The van der Waals surface area contributed by atoms with Crippen molar-refractivity contribution in [1.82, 2.24) is 10.3 Å². The number of benzene rings is 3. The van der Waals surface area contributed by atoms with Gasteiger partial charge in [-0.05, 0) is 62.2 Å². The first-order valence-corrected chi connectivity index (χ1v) is 12.4. The smallest absolute Gasteiger partial charge is 0.217 e. The Bertz CT molecular complexity index is 1220. The molecule has 1 aromatic heterocycles. The first-order valence-electron chi connectivity index (χ1n) is 11.6. The number of nitrogens with one attached hydrogen (secondary N) is 1. The van der Waals surface area contributed by atoms with Gasteiger partial charge in [-0.2, -0.15) is 0 Å². The van der Waals surface area contributed by atoms with E-state index in [9.17, 15) is 5.11 Å². The number of pyridine rings is 1. The van der Waals surface area contributed by atoms with E-state index >= 15 is 0 Å². The molecular weight excluding hydrogens is 488 g/mol. The van der Waals surface area contributed by atoms with Gasteiger partial charge in [0.2, 0.25) is 5.88 Å². The van der Waals surface area contributed by atoms with Gasteiger partial charge in [0, 0.05) is 21.3 Å². The Hall–Kier alpha value is -2.73. The fourth-order valence-electron chi connectivity index (χ4n) is 4.71. The maximum absolute atomic E-state index is 12.4. The van der Waals surface area contributed by atoms with Crippen LogP contribution >= 0.6 is 15.9 Å². The molecule has 0 bridgehead atoms. The van der Waals surface area contributed by atoms with Gasteiger partial charge in [-0.1, -0.05) is 82.7 Å². The van der Waals surface area contributed by atoms with Gasteiger partial charge >= 0.3 is 0 Å². The number of aryl methyl sites for hydroxylation is 1. The van der Waals surface area contributed by atoms with Gasteiger partial charge in [0.1, 0.15) is 0 Å². The zero-order valence-corrected chi connectivity index (χ0v) is 21.3. The molecule has 0 amide bonds. The van der Waals surface area contributed by atoms with Crippen LogP contribution in [-0.2, 0) is 6.42 Å². The molecule has 0 radical (unpaired) electrons. The molecule has 4 nitrogen and oxygen atoms in total. The van der Waals surface area contributed by atoms with Crippen molar-refractivity contribution < 1.29 is 9.84 Å². The van der Waals surface area contributed by atoms with Crippen LogP contribution in [0.3, 0.4) is 0 Å². The zero-order chi connectivity index (χ0) is 24.0. The summed E-state index contributed by atoms with van der Waals surface area (Å²) in [6, 6.07) is 28.6. The van der Waals surface area contributed by atoms with Crippen LogP contribution in [0.15, 0.2) is 89.4 Å². The summed E-state index contributed by atoms with van der Waals surface area (Å²) < 4.78 is 6.77. The van der Waals surface area contributed by atoms with Crippen molar-refractivity contribution in [3.05, 3.63) is 106 Å². The molecule has 2 N–H and O–H groups in total. The molecule has 0 aliphatic rings. The Morgan fingerprint density at radius 2 is 1.68 bits per heavy atom. The molecule has 5 heteroatoms. The Balaban J connectivity index is 1.88. The summed E-state index contributed by atoms with van der Waals surface area (Å²) in [6.45, 7) is 0.696. The third kappa shape index (κ3) is 5.33. The molecule has 2 atom stereocenters. The third-order valence-electron chi connectivity index (χ3n) is 6.47. The van der Waals surface area contributed by atoms with Gasteiger partial charge in [0.15, 0.2) is 0 Å². The van der Waals surface area contributed by atoms with E-state index in [1.54, 1.807) is 7.11 Å². The Labute approximate surface area is 210 Å². The maximum atomic E-state index is 12.4. The lowest BCUT2D eigenvalue weighted by Crippen LogP contribution is -2.40. The topological polar surface area (TPSA) is 54.4 Å². The second kappa shape index (κ2) is 11.1. The number of hydrogen-bond donors (Lipinski definition) is 2. The van der Waals surface area contributed by atoms with Crippen molar-refractivity contribution in [3.8, 4) is 5.88 Å². The van der Waals surface area contributed by atoms with Gasteiger partial charge in [-0.25, -0.2) is 4.98 Å². The number of rotatable bonds is 10. The van der Waals surface area contributed by atoms with E-state index < -0.39 is 5.60 Å². The molecule has 2 unspecified atom stereocenters. The Morgan fingerprint density at radius 3 is 2.35 bits per heavy atom. The van der Waals surface area contributed by atoms with Crippen LogP contribution in [0.25, 0.3) is 10.9 Å². The average molecular weight is 519 g/mol. The maximum Gasteiger partial charge on any atom is 0.217 e. The van der Waals surface area contributed by atoms with Crippen LogP contribution in [-0.4, -0.2) is 36.4 Å². The lowest BCUT2D eigenvalue weighted by molar-refractivity contribution is 0.00693. The molecule has 34 heavy (non-hydrogen) atoms. The molecular formula is C29H31BrN2O2. The van der Waals surface area contributed by atoms with E-state index in [4.69, 9.17) is 9.72 Å². The minimum absolute atomic E-state index is 0.315.